The molecule has 0 spiro atoms. The summed E-state index contributed by atoms with van der Waals surface area (Å²) in [5, 5.41) is 2.69. The normalized spacial score (nSPS) is 18.2. The first-order valence-corrected chi connectivity index (χ1v) is 8.87. The van der Waals surface area contributed by atoms with Gasteiger partial charge in [0.1, 0.15) is 10.9 Å². The predicted molar refractivity (Wildman–Crippen MR) is 98.5 cm³/mol. The standard InChI is InChI=1S/C14H15IN2O2S2/c1-3-11-13(19)17(14(20)21-11)7-12(18)16-10-5-4-9(15)6-8(10)2/h4-6,11H,3,7H2,1-2H3,(H,16,18). The van der Waals surface area contributed by atoms with E-state index in [1.165, 1.54) is 16.7 Å². The van der Waals surface area contributed by atoms with E-state index in [1.54, 1.807) is 0 Å². The molecule has 0 aliphatic carbocycles. The molecule has 1 fully saturated rings. The number of benzene rings is 1. The molecule has 1 N–H and O–H groups in total. The van der Waals surface area contributed by atoms with Crippen molar-refractivity contribution in [2.75, 3.05) is 11.9 Å². The third-order valence-corrected chi connectivity index (χ3v) is 5.56. The summed E-state index contributed by atoms with van der Waals surface area (Å²) < 4.78 is 1.60. The molecule has 1 heterocycles. The van der Waals surface area contributed by atoms with Gasteiger partial charge in [0.25, 0.3) is 0 Å². The second-order valence-electron chi connectivity index (χ2n) is 4.71. The number of nitrogens with zero attached hydrogens (tertiary/aromatic N) is 1. The second kappa shape index (κ2) is 7.06. The van der Waals surface area contributed by atoms with Gasteiger partial charge in [-0.25, -0.2) is 0 Å². The van der Waals surface area contributed by atoms with Gasteiger partial charge in [0.05, 0.1) is 5.25 Å². The highest BCUT2D eigenvalue weighted by atomic mass is 127. The summed E-state index contributed by atoms with van der Waals surface area (Å²) in [6.45, 7) is 3.86. The Balaban J connectivity index is 2.02. The lowest BCUT2D eigenvalue weighted by Gasteiger charge is -2.16. The Hall–Kier alpha value is -0.670. The van der Waals surface area contributed by atoms with Crippen LogP contribution in [0.25, 0.3) is 0 Å². The van der Waals surface area contributed by atoms with E-state index in [-0.39, 0.29) is 23.6 Å². The molecule has 0 saturated carbocycles. The molecule has 1 saturated heterocycles. The minimum atomic E-state index is -0.229. The zero-order chi connectivity index (χ0) is 15.6. The first-order valence-electron chi connectivity index (χ1n) is 6.50. The number of thiocarbonyl (C=S) groups is 1. The molecule has 4 nitrogen and oxygen atoms in total. The van der Waals surface area contributed by atoms with E-state index in [0.29, 0.717) is 4.32 Å². The smallest absolute Gasteiger partial charge is 0.244 e. The van der Waals surface area contributed by atoms with Crippen molar-refractivity contribution >= 4 is 68.4 Å². The van der Waals surface area contributed by atoms with Gasteiger partial charge in [-0.2, -0.15) is 0 Å². The number of anilines is 1. The Morgan fingerprint density at radius 1 is 1.52 bits per heavy atom. The Bertz CT molecular complexity index is 607. The molecule has 2 amide bonds. The fourth-order valence-electron chi connectivity index (χ4n) is 2.00. The van der Waals surface area contributed by atoms with Crippen LogP contribution in [0.15, 0.2) is 18.2 Å². The van der Waals surface area contributed by atoms with Crippen molar-refractivity contribution in [3.63, 3.8) is 0 Å². The molecule has 1 aromatic rings. The van der Waals surface area contributed by atoms with Gasteiger partial charge in [-0.15, -0.1) is 0 Å². The zero-order valence-electron chi connectivity index (χ0n) is 11.7. The SMILES string of the molecule is CCC1SC(=S)N(CC(=O)Nc2ccc(I)cc2C)C1=O. The quantitative estimate of drug-likeness (QED) is 0.585. The predicted octanol–water partition coefficient (Wildman–Crippen LogP) is 3.18. The molecule has 1 aliphatic heterocycles. The molecule has 1 unspecified atom stereocenters. The van der Waals surface area contributed by atoms with Crippen molar-refractivity contribution in [1.82, 2.24) is 4.90 Å². The lowest BCUT2D eigenvalue weighted by molar-refractivity contribution is -0.129. The number of hydrogen-bond acceptors (Lipinski definition) is 4. The van der Waals surface area contributed by atoms with Gasteiger partial charge >= 0.3 is 0 Å². The van der Waals surface area contributed by atoms with Crippen molar-refractivity contribution in [2.24, 2.45) is 0 Å². The molecule has 112 valence electrons. The lowest BCUT2D eigenvalue weighted by atomic mass is 10.2. The average molecular weight is 434 g/mol. The number of rotatable bonds is 4. The highest BCUT2D eigenvalue weighted by molar-refractivity contribution is 14.1. The monoisotopic (exact) mass is 434 g/mol. The van der Waals surface area contributed by atoms with Crippen LogP contribution in [0.5, 0.6) is 0 Å². The van der Waals surface area contributed by atoms with Crippen LogP contribution >= 0.6 is 46.6 Å². The highest BCUT2D eigenvalue weighted by Crippen LogP contribution is 2.29. The number of carbonyl (C=O) groups excluding carboxylic acids is 2. The lowest BCUT2D eigenvalue weighted by Crippen LogP contribution is -2.38. The van der Waals surface area contributed by atoms with Gasteiger partial charge in [0.15, 0.2) is 0 Å². The number of amides is 2. The number of hydrogen-bond donors (Lipinski definition) is 1. The Morgan fingerprint density at radius 2 is 2.24 bits per heavy atom. The summed E-state index contributed by atoms with van der Waals surface area (Å²) in [7, 11) is 0. The molecule has 1 atom stereocenters. The number of nitrogens with one attached hydrogen (secondary N) is 1. The van der Waals surface area contributed by atoms with Gasteiger partial charge in [0.2, 0.25) is 11.8 Å². The van der Waals surface area contributed by atoms with Gasteiger partial charge < -0.3 is 5.32 Å². The summed E-state index contributed by atoms with van der Waals surface area (Å²) >= 11 is 8.76. The highest BCUT2D eigenvalue weighted by Gasteiger charge is 2.36. The topological polar surface area (TPSA) is 49.4 Å². The van der Waals surface area contributed by atoms with Crippen molar-refractivity contribution in [2.45, 2.75) is 25.5 Å². The van der Waals surface area contributed by atoms with E-state index in [4.69, 9.17) is 12.2 Å². The van der Waals surface area contributed by atoms with Crippen LogP contribution < -0.4 is 5.32 Å². The molecule has 0 radical (unpaired) electrons. The molecule has 0 aromatic heterocycles. The van der Waals surface area contributed by atoms with E-state index < -0.39 is 0 Å². The van der Waals surface area contributed by atoms with E-state index >= 15 is 0 Å². The molecule has 2 rings (SSSR count). The number of carbonyl (C=O) groups is 2. The fourth-order valence-corrected chi connectivity index (χ4v) is 4.07. The average Bonchev–Trinajstić information content (AvgIpc) is 2.69. The van der Waals surface area contributed by atoms with E-state index in [1.807, 2.05) is 32.0 Å². The van der Waals surface area contributed by atoms with Crippen LogP contribution in [-0.4, -0.2) is 32.8 Å². The van der Waals surface area contributed by atoms with Crippen LogP contribution in [0.2, 0.25) is 0 Å². The first-order chi connectivity index (χ1) is 9.92. The Morgan fingerprint density at radius 3 is 2.81 bits per heavy atom. The summed E-state index contributed by atoms with van der Waals surface area (Å²) in [6, 6.07) is 5.78. The van der Waals surface area contributed by atoms with Crippen molar-refractivity contribution in [3.05, 3.63) is 27.3 Å². The molecular weight excluding hydrogens is 419 g/mol. The van der Waals surface area contributed by atoms with Crippen molar-refractivity contribution < 1.29 is 9.59 Å². The van der Waals surface area contributed by atoms with E-state index in [9.17, 15) is 9.59 Å². The summed E-state index contributed by atoms with van der Waals surface area (Å²) in [5.41, 5.74) is 1.75. The number of thioether (sulfide) groups is 1. The zero-order valence-corrected chi connectivity index (χ0v) is 15.5. The van der Waals surface area contributed by atoms with Crippen LogP contribution in [0.3, 0.4) is 0 Å². The molecule has 7 heteroatoms. The van der Waals surface area contributed by atoms with Crippen LogP contribution in [0.4, 0.5) is 5.69 Å². The minimum Gasteiger partial charge on any atom is -0.324 e. The maximum atomic E-state index is 12.1. The summed E-state index contributed by atoms with van der Waals surface area (Å²) in [6.07, 6.45) is 0.720. The fraction of sp³-hybridized carbons (Fsp3) is 0.357. The van der Waals surface area contributed by atoms with Gasteiger partial charge in [0, 0.05) is 9.26 Å². The van der Waals surface area contributed by atoms with Crippen molar-refractivity contribution in [3.8, 4) is 0 Å². The molecule has 0 bridgehead atoms. The van der Waals surface area contributed by atoms with Gasteiger partial charge in [-0.05, 0) is 59.7 Å². The van der Waals surface area contributed by atoms with Crippen LogP contribution in [-0.2, 0) is 9.59 Å². The van der Waals surface area contributed by atoms with Gasteiger partial charge in [-0.3, -0.25) is 14.5 Å². The third kappa shape index (κ3) is 3.95. The molecular formula is C14H15IN2O2S2. The molecule has 1 aromatic carbocycles. The maximum Gasteiger partial charge on any atom is 0.244 e. The second-order valence-corrected chi connectivity index (χ2v) is 7.79. The largest absolute Gasteiger partial charge is 0.324 e. The number of aryl methyl sites for hydroxylation is 1. The molecule has 21 heavy (non-hydrogen) atoms. The summed E-state index contributed by atoms with van der Waals surface area (Å²) in [4.78, 5) is 25.6. The van der Waals surface area contributed by atoms with Crippen molar-refractivity contribution in [1.29, 1.82) is 0 Å². The number of halogens is 1. The van der Waals surface area contributed by atoms with Crippen LogP contribution in [0.1, 0.15) is 18.9 Å². The maximum absolute atomic E-state index is 12.1. The van der Waals surface area contributed by atoms with Crippen LogP contribution in [0, 0.1) is 10.5 Å². The molecule has 1 aliphatic rings. The Kier molecular flexibility index (Phi) is 5.61. The van der Waals surface area contributed by atoms with E-state index in [0.717, 1.165) is 21.2 Å². The van der Waals surface area contributed by atoms with Gasteiger partial charge in [-0.1, -0.05) is 30.9 Å². The Labute approximate surface area is 147 Å². The minimum absolute atomic E-state index is 0.0212. The summed E-state index contributed by atoms with van der Waals surface area (Å²) in [5.74, 6) is -0.297. The van der Waals surface area contributed by atoms with E-state index in [2.05, 4.69) is 27.9 Å². The third-order valence-electron chi connectivity index (χ3n) is 3.14. The first kappa shape index (κ1) is 16.7.